The Bertz CT molecular complexity index is 1480. The van der Waals surface area contributed by atoms with Gasteiger partial charge in [-0.1, -0.05) is 62.1 Å². The summed E-state index contributed by atoms with van der Waals surface area (Å²) in [6.07, 6.45) is 8.91. The number of pyridine rings is 1. The van der Waals surface area contributed by atoms with Crippen molar-refractivity contribution in [3.8, 4) is 0 Å². The molecule has 1 unspecified atom stereocenters. The summed E-state index contributed by atoms with van der Waals surface area (Å²) in [7, 11) is 1.83. The van der Waals surface area contributed by atoms with Crippen LogP contribution in [0.2, 0.25) is 0 Å². The smallest absolute Gasteiger partial charge is 0.255 e. The number of aryl methyl sites for hydroxylation is 1. The minimum atomic E-state index is -0.0101. The number of hydrogen-bond acceptors (Lipinski definition) is 3. The lowest BCUT2D eigenvalue weighted by Crippen LogP contribution is -2.44. The number of H-pyrrole nitrogens is 1. The molecule has 1 saturated heterocycles. The Morgan fingerprint density at radius 3 is 2.49 bits per heavy atom. The summed E-state index contributed by atoms with van der Waals surface area (Å²) >= 11 is 0. The minimum absolute atomic E-state index is 0.0101. The molecule has 6 heteroatoms. The first-order valence-corrected chi connectivity index (χ1v) is 14.8. The molecule has 6 nitrogen and oxygen atoms in total. The number of aromatic nitrogens is 2. The fourth-order valence-electron chi connectivity index (χ4n) is 6.82. The summed E-state index contributed by atoms with van der Waals surface area (Å²) in [5.41, 5.74) is 4.06. The summed E-state index contributed by atoms with van der Waals surface area (Å²) < 4.78 is 1.73. The molecule has 0 spiro atoms. The van der Waals surface area contributed by atoms with Gasteiger partial charge in [0.05, 0.1) is 12.1 Å². The molecule has 3 heterocycles. The average Bonchev–Trinajstić information content (AvgIpc) is 3.42. The number of carbonyl (C=O) groups excluding carboxylic acids is 1. The van der Waals surface area contributed by atoms with Gasteiger partial charge in [0.1, 0.15) is 0 Å². The van der Waals surface area contributed by atoms with Crippen LogP contribution in [0.15, 0.2) is 65.5 Å². The molecule has 1 amide bonds. The number of hydrogen-bond donors (Lipinski definition) is 1. The molecule has 1 N–H and O–H groups in total. The Kier molecular flexibility index (Phi) is 7.55. The van der Waals surface area contributed by atoms with Crippen molar-refractivity contribution in [3.05, 3.63) is 82.3 Å². The predicted molar refractivity (Wildman–Crippen MR) is 158 cm³/mol. The second-order valence-corrected chi connectivity index (χ2v) is 11.5. The number of fused-ring (bicyclic) bond motifs is 2. The van der Waals surface area contributed by atoms with E-state index in [-0.39, 0.29) is 17.4 Å². The normalized spacial score (nSPS) is 19.1. The second kappa shape index (κ2) is 11.4. The Hall–Kier alpha value is -3.38. The molecule has 39 heavy (non-hydrogen) atoms. The maximum Gasteiger partial charge on any atom is 0.255 e. The van der Waals surface area contributed by atoms with E-state index in [0.717, 1.165) is 56.1 Å². The zero-order chi connectivity index (χ0) is 26.8. The molecule has 4 aromatic rings. The summed E-state index contributed by atoms with van der Waals surface area (Å²) in [5, 5.41) is 2.29. The van der Waals surface area contributed by atoms with Crippen LogP contribution in [0.25, 0.3) is 21.8 Å². The molecule has 2 aliphatic rings. The Morgan fingerprint density at radius 1 is 0.923 bits per heavy atom. The third-order valence-corrected chi connectivity index (χ3v) is 9.02. The number of likely N-dealkylation sites (tertiary alicyclic amines) is 1. The number of nitrogens with one attached hydrogen (secondary N) is 1. The van der Waals surface area contributed by atoms with Crippen molar-refractivity contribution in [1.29, 1.82) is 0 Å². The van der Waals surface area contributed by atoms with E-state index in [4.69, 9.17) is 0 Å². The Labute approximate surface area is 230 Å². The third-order valence-electron chi connectivity index (χ3n) is 9.02. The van der Waals surface area contributed by atoms with E-state index >= 15 is 0 Å². The maximum atomic E-state index is 13.9. The van der Waals surface area contributed by atoms with Gasteiger partial charge in [0.15, 0.2) is 0 Å². The molecule has 0 radical (unpaired) electrons. The zero-order valence-corrected chi connectivity index (χ0v) is 23.1. The second-order valence-electron chi connectivity index (χ2n) is 11.5. The van der Waals surface area contributed by atoms with Gasteiger partial charge in [0.25, 0.3) is 5.56 Å². The Morgan fingerprint density at radius 2 is 1.67 bits per heavy atom. The third kappa shape index (κ3) is 5.40. The van der Waals surface area contributed by atoms with Crippen LogP contribution >= 0.6 is 0 Å². The first-order valence-electron chi connectivity index (χ1n) is 14.8. The summed E-state index contributed by atoms with van der Waals surface area (Å²) in [4.78, 5) is 35.5. The van der Waals surface area contributed by atoms with Crippen molar-refractivity contribution in [3.63, 3.8) is 0 Å². The van der Waals surface area contributed by atoms with Crippen LogP contribution < -0.4 is 5.56 Å². The summed E-state index contributed by atoms with van der Waals surface area (Å²) in [6.45, 7) is 2.86. The molecule has 1 aliphatic carbocycles. The number of rotatable bonds is 7. The van der Waals surface area contributed by atoms with E-state index in [1.807, 2.05) is 42.3 Å². The van der Waals surface area contributed by atoms with E-state index in [2.05, 4.69) is 40.2 Å². The average molecular weight is 525 g/mol. The lowest BCUT2D eigenvalue weighted by molar-refractivity contribution is -0.137. The van der Waals surface area contributed by atoms with Gasteiger partial charge in [0.2, 0.25) is 5.91 Å². The van der Waals surface area contributed by atoms with Gasteiger partial charge < -0.3 is 14.5 Å². The van der Waals surface area contributed by atoms with Crippen molar-refractivity contribution in [1.82, 2.24) is 19.4 Å². The molecular formula is C33H40N4O2. The molecule has 2 aromatic heterocycles. The van der Waals surface area contributed by atoms with E-state index in [0.29, 0.717) is 24.7 Å². The van der Waals surface area contributed by atoms with Gasteiger partial charge >= 0.3 is 0 Å². The summed E-state index contributed by atoms with van der Waals surface area (Å²) in [6, 6.07) is 21.1. The minimum Gasteiger partial charge on any atom is -0.357 e. The first kappa shape index (κ1) is 25.9. The van der Waals surface area contributed by atoms with Crippen molar-refractivity contribution >= 4 is 27.7 Å². The molecule has 0 bridgehead atoms. The molecule has 204 valence electrons. The van der Waals surface area contributed by atoms with Gasteiger partial charge in [-0.3, -0.25) is 14.5 Å². The Balaban J connectivity index is 1.26. The molecular weight excluding hydrogens is 484 g/mol. The van der Waals surface area contributed by atoms with E-state index in [1.165, 1.54) is 35.9 Å². The lowest BCUT2D eigenvalue weighted by Gasteiger charge is -2.37. The molecule has 1 aliphatic heterocycles. The van der Waals surface area contributed by atoms with Crippen molar-refractivity contribution in [2.75, 3.05) is 19.6 Å². The van der Waals surface area contributed by atoms with Crippen molar-refractivity contribution in [2.24, 2.45) is 13.0 Å². The van der Waals surface area contributed by atoms with Crippen LogP contribution in [0.1, 0.15) is 68.7 Å². The maximum absolute atomic E-state index is 13.9. The number of nitrogens with zero attached hydrogens (tertiary/aromatic N) is 3. The largest absolute Gasteiger partial charge is 0.357 e. The topological polar surface area (TPSA) is 61.3 Å². The lowest BCUT2D eigenvalue weighted by atomic mass is 9.88. The highest BCUT2D eigenvalue weighted by molar-refractivity contribution is 5.81. The van der Waals surface area contributed by atoms with Gasteiger partial charge in [-0.15, -0.1) is 0 Å². The molecule has 2 aromatic carbocycles. The standard InChI is InChI=1S/C33H40N4O2/c1-35-30-16-8-6-14-26(30)21-27(32(35)38)23-37(33(39)24-11-3-2-4-12-24)20-19-36-18-10-9-17-31(36)29-22-25-13-5-7-15-28(25)34-29/h5-8,13-16,21-22,24,31,34H,2-4,9-12,17-20,23H2,1H3. The zero-order valence-electron chi connectivity index (χ0n) is 23.1. The highest BCUT2D eigenvalue weighted by Crippen LogP contribution is 2.32. The molecule has 6 rings (SSSR count). The quantitative estimate of drug-likeness (QED) is 0.315. The predicted octanol–water partition coefficient (Wildman–Crippen LogP) is 6.16. The molecule has 1 atom stereocenters. The van der Waals surface area contributed by atoms with E-state index in [1.54, 1.807) is 4.57 Å². The fraction of sp³-hybridized carbons (Fsp3) is 0.455. The molecule has 2 fully saturated rings. The number of benzene rings is 2. The van der Waals surface area contributed by atoms with Crippen molar-refractivity contribution in [2.45, 2.75) is 64.0 Å². The van der Waals surface area contributed by atoms with Crippen LogP contribution in [0.4, 0.5) is 0 Å². The van der Waals surface area contributed by atoms with Crippen LogP contribution in [0.3, 0.4) is 0 Å². The number of carbonyl (C=O) groups is 1. The van der Waals surface area contributed by atoms with E-state index in [9.17, 15) is 9.59 Å². The van der Waals surface area contributed by atoms with Gasteiger partial charge in [-0.25, -0.2) is 0 Å². The highest BCUT2D eigenvalue weighted by atomic mass is 16.2. The van der Waals surface area contributed by atoms with Crippen LogP contribution in [-0.4, -0.2) is 44.9 Å². The van der Waals surface area contributed by atoms with Gasteiger partial charge in [-0.05, 0) is 67.3 Å². The fourth-order valence-corrected chi connectivity index (χ4v) is 6.82. The monoisotopic (exact) mass is 524 g/mol. The number of amides is 1. The van der Waals surface area contributed by atoms with Crippen LogP contribution in [0, 0.1) is 5.92 Å². The first-order chi connectivity index (χ1) is 19.1. The van der Waals surface area contributed by atoms with Gasteiger partial charge in [-0.2, -0.15) is 0 Å². The summed E-state index contributed by atoms with van der Waals surface area (Å²) in [5.74, 6) is 0.304. The number of aromatic amines is 1. The van der Waals surface area contributed by atoms with Crippen LogP contribution in [-0.2, 0) is 18.4 Å². The van der Waals surface area contributed by atoms with Crippen LogP contribution in [0.5, 0.6) is 0 Å². The van der Waals surface area contributed by atoms with Crippen molar-refractivity contribution < 1.29 is 4.79 Å². The SMILES string of the molecule is Cn1c(=O)c(CN(CCN2CCCCC2c2cc3ccccc3[nH]2)C(=O)C2CCCCC2)cc2ccccc21. The molecule has 1 saturated carbocycles. The van der Waals surface area contributed by atoms with E-state index < -0.39 is 0 Å². The number of para-hydroxylation sites is 2. The number of piperidine rings is 1. The highest BCUT2D eigenvalue weighted by Gasteiger charge is 2.30. The van der Waals surface area contributed by atoms with Gasteiger partial charge in [0, 0.05) is 48.9 Å².